The molecule has 0 heterocycles. The van der Waals surface area contributed by atoms with Crippen molar-refractivity contribution in [3.8, 4) is 0 Å². The first kappa shape index (κ1) is 14.0. The molecule has 0 aromatic heterocycles. The zero-order chi connectivity index (χ0) is 15.7. The summed E-state index contributed by atoms with van der Waals surface area (Å²) in [5, 5.41) is 5.39. The molecule has 0 saturated heterocycles. The molecule has 2 heteroatoms. The Hall–Kier alpha value is -2.61. The van der Waals surface area contributed by atoms with Gasteiger partial charge in [-0.2, -0.15) is 0 Å². The summed E-state index contributed by atoms with van der Waals surface area (Å²) in [6, 6.07) is 24.5. The van der Waals surface area contributed by atoms with Crippen molar-refractivity contribution in [3.05, 3.63) is 83.9 Å². The highest BCUT2D eigenvalue weighted by atomic mass is 16.1. The number of benzene rings is 3. The molecule has 114 valence electrons. The van der Waals surface area contributed by atoms with Crippen LogP contribution in [-0.4, -0.2) is 12.5 Å². The molecule has 1 aliphatic carbocycles. The van der Waals surface area contributed by atoms with Gasteiger partial charge in [-0.05, 0) is 41.3 Å². The summed E-state index contributed by atoms with van der Waals surface area (Å²) in [6.45, 7) is 0.711. The van der Waals surface area contributed by atoms with E-state index in [1.54, 1.807) is 0 Å². The highest BCUT2D eigenvalue weighted by molar-refractivity contribution is 5.98. The Balaban J connectivity index is 1.49. The van der Waals surface area contributed by atoms with E-state index < -0.39 is 0 Å². The molecule has 23 heavy (non-hydrogen) atoms. The van der Waals surface area contributed by atoms with Crippen LogP contribution in [0.2, 0.25) is 0 Å². The van der Waals surface area contributed by atoms with Crippen molar-refractivity contribution in [1.29, 1.82) is 0 Å². The fraction of sp³-hybridized carbons (Fsp3) is 0.190. The van der Waals surface area contributed by atoms with Crippen LogP contribution in [0.15, 0.2) is 72.8 Å². The number of hydrogen-bond acceptors (Lipinski definition) is 1. The van der Waals surface area contributed by atoms with Crippen LogP contribution in [0, 0.1) is 0 Å². The molecular formula is C21H19NO. The maximum atomic E-state index is 12.5. The molecule has 2 nitrogen and oxygen atoms in total. The van der Waals surface area contributed by atoms with E-state index in [2.05, 4.69) is 35.6 Å². The largest absolute Gasteiger partial charge is 0.351 e. The highest BCUT2D eigenvalue weighted by Crippen LogP contribution is 2.47. The first-order valence-electron chi connectivity index (χ1n) is 8.09. The molecule has 3 aromatic carbocycles. The first-order chi connectivity index (χ1) is 11.3. The van der Waals surface area contributed by atoms with Crippen LogP contribution >= 0.6 is 0 Å². The molecule has 0 radical (unpaired) electrons. The van der Waals surface area contributed by atoms with Crippen LogP contribution in [0.5, 0.6) is 0 Å². The van der Waals surface area contributed by atoms with E-state index in [1.807, 2.05) is 42.5 Å². The lowest BCUT2D eigenvalue weighted by molar-refractivity contribution is 0.0950. The van der Waals surface area contributed by atoms with E-state index in [9.17, 15) is 4.79 Å². The smallest absolute Gasteiger partial charge is 0.251 e. The number of carbonyl (C=O) groups excluding carboxylic acids is 1. The van der Waals surface area contributed by atoms with E-state index in [4.69, 9.17) is 0 Å². The van der Waals surface area contributed by atoms with Crippen LogP contribution in [-0.2, 0) is 5.41 Å². The third kappa shape index (κ3) is 2.72. The molecule has 3 aromatic rings. The molecule has 1 saturated carbocycles. The summed E-state index contributed by atoms with van der Waals surface area (Å²) in [5.74, 6) is 0.0120. The lowest BCUT2D eigenvalue weighted by atomic mass is 9.96. The first-order valence-corrected chi connectivity index (χ1v) is 8.09. The van der Waals surface area contributed by atoms with Crippen LogP contribution < -0.4 is 5.32 Å². The molecule has 0 unspecified atom stereocenters. The van der Waals surface area contributed by atoms with Gasteiger partial charge in [0, 0.05) is 17.5 Å². The summed E-state index contributed by atoms with van der Waals surface area (Å²) >= 11 is 0. The van der Waals surface area contributed by atoms with Gasteiger partial charge < -0.3 is 5.32 Å². The second-order valence-electron chi connectivity index (χ2n) is 6.39. The van der Waals surface area contributed by atoms with Gasteiger partial charge in [0.2, 0.25) is 0 Å². The molecule has 4 rings (SSSR count). The standard InChI is InChI=1S/C21H19NO/c23-20(18-11-10-16-6-4-5-7-17(16)14-18)22-15-21(12-13-21)19-8-2-1-3-9-19/h1-11,14H,12-13,15H2,(H,22,23). The monoisotopic (exact) mass is 301 g/mol. The van der Waals surface area contributed by atoms with Gasteiger partial charge in [0.05, 0.1) is 0 Å². The van der Waals surface area contributed by atoms with Gasteiger partial charge >= 0.3 is 0 Å². The molecule has 1 amide bonds. The normalized spacial score (nSPS) is 15.3. The lowest BCUT2D eigenvalue weighted by Crippen LogP contribution is -2.32. The van der Waals surface area contributed by atoms with Gasteiger partial charge in [0.1, 0.15) is 0 Å². The third-order valence-corrected chi connectivity index (χ3v) is 4.84. The summed E-state index contributed by atoms with van der Waals surface area (Å²) in [4.78, 5) is 12.5. The van der Waals surface area contributed by atoms with Crippen molar-refractivity contribution in [3.63, 3.8) is 0 Å². The van der Waals surface area contributed by atoms with Crippen LogP contribution in [0.25, 0.3) is 10.8 Å². The Morgan fingerprint density at radius 2 is 1.57 bits per heavy atom. The average Bonchev–Trinajstić information content (AvgIpc) is 3.41. The zero-order valence-electron chi connectivity index (χ0n) is 13.0. The van der Waals surface area contributed by atoms with E-state index >= 15 is 0 Å². The van der Waals surface area contributed by atoms with E-state index in [-0.39, 0.29) is 11.3 Å². The Bertz CT molecular complexity index is 850. The topological polar surface area (TPSA) is 29.1 Å². The number of fused-ring (bicyclic) bond motifs is 1. The maximum Gasteiger partial charge on any atom is 0.251 e. The zero-order valence-corrected chi connectivity index (χ0v) is 13.0. The Morgan fingerprint density at radius 3 is 2.30 bits per heavy atom. The molecule has 0 spiro atoms. The van der Waals surface area contributed by atoms with Crippen molar-refractivity contribution < 1.29 is 4.79 Å². The van der Waals surface area contributed by atoms with Crippen molar-refractivity contribution in [2.24, 2.45) is 0 Å². The Labute approximate surface area is 136 Å². The quantitative estimate of drug-likeness (QED) is 0.764. The van der Waals surface area contributed by atoms with Crippen molar-refractivity contribution in [2.45, 2.75) is 18.3 Å². The second-order valence-corrected chi connectivity index (χ2v) is 6.39. The summed E-state index contributed by atoms with van der Waals surface area (Å²) < 4.78 is 0. The number of rotatable bonds is 4. The molecule has 0 atom stereocenters. The van der Waals surface area contributed by atoms with Gasteiger partial charge in [-0.3, -0.25) is 4.79 Å². The third-order valence-electron chi connectivity index (χ3n) is 4.84. The SMILES string of the molecule is O=C(NCC1(c2ccccc2)CC1)c1ccc2ccccc2c1. The predicted molar refractivity (Wildman–Crippen MR) is 93.6 cm³/mol. The number of amides is 1. The average molecular weight is 301 g/mol. The number of hydrogen-bond donors (Lipinski definition) is 1. The summed E-state index contributed by atoms with van der Waals surface area (Å²) in [6.07, 6.45) is 2.30. The van der Waals surface area contributed by atoms with Crippen LogP contribution in [0.1, 0.15) is 28.8 Å². The van der Waals surface area contributed by atoms with Crippen LogP contribution in [0.4, 0.5) is 0 Å². The molecule has 1 N–H and O–H groups in total. The number of nitrogens with one attached hydrogen (secondary N) is 1. The van der Waals surface area contributed by atoms with E-state index in [1.165, 1.54) is 5.56 Å². The molecule has 0 bridgehead atoms. The minimum atomic E-state index is 0.0120. The van der Waals surface area contributed by atoms with Gasteiger partial charge in [0.25, 0.3) is 5.91 Å². The maximum absolute atomic E-state index is 12.5. The fourth-order valence-electron chi connectivity index (χ4n) is 3.19. The summed E-state index contributed by atoms with van der Waals surface area (Å²) in [5.41, 5.74) is 2.21. The van der Waals surface area contributed by atoms with Crippen molar-refractivity contribution >= 4 is 16.7 Å². The van der Waals surface area contributed by atoms with Gasteiger partial charge in [-0.25, -0.2) is 0 Å². The molecule has 1 aliphatic rings. The fourth-order valence-corrected chi connectivity index (χ4v) is 3.19. The van der Waals surface area contributed by atoms with Gasteiger partial charge in [-0.15, -0.1) is 0 Å². The minimum Gasteiger partial charge on any atom is -0.351 e. The molecule has 1 fully saturated rings. The summed E-state index contributed by atoms with van der Waals surface area (Å²) in [7, 11) is 0. The minimum absolute atomic E-state index is 0.0120. The van der Waals surface area contributed by atoms with E-state index in [0.717, 1.165) is 29.2 Å². The highest BCUT2D eigenvalue weighted by Gasteiger charge is 2.44. The Morgan fingerprint density at radius 1 is 0.870 bits per heavy atom. The Kier molecular flexibility index (Phi) is 3.38. The van der Waals surface area contributed by atoms with E-state index in [0.29, 0.717) is 6.54 Å². The lowest BCUT2D eigenvalue weighted by Gasteiger charge is -2.16. The van der Waals surface area contributed by atoms with Gasteiger partial charge in [-0.1, -0.05) is 60.7 Å². The van der Waals surface area contributed by atoms with Crippen molar-refractivity contribution in [1.82, 2.24) is 5.32 Å². The number of carbonyl (C=O) groups is 1. The predicted octanol–water partition coefficient (Wildman–Crippen LogP) is 4.30. The van der Waals surface area contributed by atoms with Crippen LogP contribution in [0.3, 0.4) is 0 Å². The molecule has 0 aliphatic heterocycles. The van der Waals surface area contributed by atoms with Crippen molar-refractivity contribution in [2.75, 3.05) is 6.54 Å². The molecular weight excluding hydrogens is 282 g/mol. The second kappa shape index (κ2) is 5.54. The van der Waals surface area contributed by atoms with Gasteiger partial charge in [0.15, 0.2) is 0 Å².